The van der Waals surface area contributed by atoms with Gasteiger partial charge in [-0.2, -0.15) is 0 Å². The van der Waals surface area contributed by atoms with E-state index in [0.717, 1.165) is 30.1 Å². The van der Waals surface area contributed by atoms with Gasteiger partial charge in [-0.25, -0.2) is 0 Å². The largest absolute Gasteiger partial charge is 0.261 e. The van der Waals surface area contributed by atoms with E-state index in [0.29, 0.717) is 48.7 Å². The van der Waals surface area contributed by atoms with Crippen LogP contribution in [0.4, 0.5) is 0 Å². The molecule has 3 aliphatic carbocycles. The Morgan fingerprint density at radius 1 is 0.346 bits per heavy atom. The molecule has 1 heterocycles. The van der Waals surface area contributed by atoms with Crippen molar-refractivity contribution in [1.29, 1.82) is 0 Å². The minimum Gasteiger partial charge on any atom is -0.261 e. The molecule has 5 rings (SSSR count). The van der Waals surface area contributed by atoms with Crippen LogP contribution < -0.4 is 0 Å². The highest BCUT2D eigenvalue weighted by Crippen LogP contribution is 2.37. The molecule has 3 saturated carbocycles. The van der Waals surface area contributed by atoms with E-state index in [1.54, 1.807) is 0 Å². The van der Waals surface area contributed by atoms with Crippen LogP contribution in [0.1, 0.15) is 373 Å². The topological polar surface area (TPSA) is 12.9 Å². The molecule has 0 saturated heterocycles. The molecule has 0 aliphatic heterocycles. The predicted molar refractivity (Wildman–Crippen MR) is 375 cm³/mol. The maximum absolute atomic E-state index is 4.28. The Morgan fingerprint density at radius 3 is 0.926 bits per heavy atom. The second-order valence-electron chi connectivity index (χ2n) is 37.4. The highest BCUT2D eigenvalue weighted by Gasteiger charge is 2.24. The summed E-state index contributed by atoms with van der Waals surface area (Å²) in [6.07, 6.45) is 38.5. The number of pyridine rings is 1. The van der Waals surface area contributed by atoms with Gasteiger partial charge in [0.05, 0.1) is 0 Å². The smallest absolute Gasteiger partial charge is 0.0403 e. The number of rotatable bonds is 13. The summed E-state index contributed by atoms with van der Waals surface area (Å²) >= 11 is 0. The normalized spacial score (nSPS) is 15.7. The van der Waals surface area contributed by atoms with Crippen LogP contribution in [0.25, 0.3) is 0 Å². The summed E-state index contributed by atoms with van der Waals surface area (Å²) in [5, 5.41) is 0. The van der Waals surface area contributed by atoms with E-state index in [1.165, 1.54) is 172 Å². The molecule has 1 aromatic heterocycles. The van der Waals surface area contributed by atoms with Gasteiger partial charge in [-0.1, -0.05) is 328 Å². The first-order valence-electron chi connectivity index (χ1n) is 34.5. The van der Waals surface area contributed by atoms with Crippen molar-refractivity contribution in [3.63, 3.8) is 0 Å². The Labute approximate surface area is 515 Å². The number of nitrogens with zero attached hydrogens (tertiary/aromatic N) is 1. The van der Waals surface area contributed by atoms with E-state index in [2.05, 4.69) is 249 Å². The van der Waals surface area contributed by atoms with Crippen LogP contribution in [0.3, 0.4) is 0 Å². The van der Waals surface area contributed by atoms with E-state index >= 15 is 0 Å². The van der Waals surface area contributed by atoms with E-state index < -0.39 is 0 Å². The van der Waals surface area contributed by atoms with Crippen LogP contribution in [-0.2, 0) is 12.8 Å². The Kier molecular flexibility index (Phi) is 42.8. The summed E-state index contributed by atoms with van der Waals surface area (Å²) < 4.78 is 0. The van der Waals surface area contributed by atoms with Gasteiger partial charge in [0.25, 0.3) is 0 Å². The maximum atomic E-state index is 4.28. The summed E-state index contributed by atoms with van der Waals surface area (Å²) in [4.78, 5) is 4.28. The second kappa shape index (κ2) is 41.5. The van der Waals surface area contributed by atoms with Crippen molar-refractivity contribution in [2.45, 2.75) is 375 Å². The van der Waals surface area contributed by atoms with Gasteiger partial charge in [0.1, 0.15) is 0 Å². The number of aromatic nitrogens is 1. The third-order valence-corrected chi connectivity index (χ3v) is 15.8. The Balaban J connectivity index is -0.000000865. The molecule has 0 bridgehead atoms. The molecule has 1 nitrogen and oxygen atoms in total. The van der Waals surface area contributed by atoms with Gasteiger partial charge < -0.3 is 0 Å². The molecule has 1 heteroatoms. The van der Waals surface area contributed by atoms with Crippen LogP contribution in [0.5, 0.6) is 0 Å². The van der Waals surface area contributed by atoms with Crippen molar-refractivity contribution in [2.24, 2.45) is 72.4 Å². The molecule has 0 atom stereocenters. The lowest BCUT2D eigenvalue weighted by Gasteiger charge is -2.25. The molecular formula is C80H155N. The highest BCUT2D eigenvalue weighted by atomic mass is 14.7. The molecule has 3 aliphatic rings. The first kappa shape index (κ1) is 83.6. The van der Waals surface area contributed by atoms with Crippen LogP contribution in [0, 0.1) is 72.4 Å². The van der Waals surface area contributed by atoms with Crippen LogP contribution in [0.15, 0.2) is 54.7 Å². The van der Waals surface area contributed by atoms with Gasteiger partial charge in [0.15, 0.2) is 0 Å². The van der Waals surface area contributed by atoms with Gasteiger partial charge in [0.2, 0.25) is 0 Å². The Morgan fingerprint density at radius 2 is 0.654 bits per heavy atom. The first-order chi connectivity index (χ1) is 36.6. The van der Waals surface area contributed by atoms with Crippen LogP contribution in [-0.4, -0.2) is 4.98 Å². The van der Waals surface area contributed by atoms with E-state index in [9.17, 15) is 0 Å². The molecule has 0 spiro atoms. The quantitative estimate of drug-likeness (QED) is 0.195. The Hall–Kier alpha value is -1.63. The van der Waals surface area contributed by atoms with Crippen LogP contribution >= 0.6 is 0 Å². The number of hydrogen-bond donors (Lipinski definition) is 0. The van der Waals surface area contributed by atoms with Gasteiger partial charge in [0, 0.05) is 11.9 Å². The zero-order chi connectivity index (χ0) is 63.4. The monoisotopic (exact) mass is 1130 g/mol. The fraction of sp³-hybridized carbons (Fsp3) is 0.863. The molecule has 0 unspecified atom stereocenters. The minimum atomic E-state index is 0.414. The first-order valence-corrected chi connectivity index (χ1v) is 34.5. The predicted octanol–water partition coefficient (Wildman–Crippen LogP) is 28.1. The third kappa shape index (κ3) is 74.4. The van der Waals surface area contributed by atoms with Gasteiger partial charge in [-0.05, 0) is 174 Å². The van der Waals surface area contributed by atoms with Crippen molar-refractivity contribution < 1.29 is 0 Å². The number of benzene rings is 1. The molecule has 0 radical (unpaired) electrons. The standard InChI is InChI=1S/C12H24.C12H18.C11H17N.C11H22.C10H22.C9H18.C9H20.C6H14/c2*1-12(2,3)10-9-11-7-5-4-6-8-11;1-11(2,3)8-7-10-6-4-5-9-12-10;1-11(2,3)9-8-10-6-4-5-7-10;1-9(2,3)7-8-10(4,5)6;1-9(2,3)7-6-8-4-5-8;1-8(2)6-7-9(3,4)5;1-5-6(2,3)4/h11H,4-10H2,1-3H3;4-8H,9-10H2,1-3H3;4-6,9H,7-8H2,1-3H3;10H,4-9H2,1-3H3;7-8H2,1-6H3;8H,4-7H2,1-3H3;8H,6-7H2,1-5H3;5H2,1-4H3. The SMILES string of the molecule is CC(C)(C)CCC(C)(C)C.CC(C)(C)CCC1CC1.CC(C)(C)CCC1CCCC1.CC(C)(C)CCC1CCCCC1.CC(C)(C)CCc1ccccc1.CC(C)(C)CCc1ccccn1.CC(C)CCC(C)(C)C.CCC(C)(C)C. The lowest BCUT2D eigenvalue weighted by atomic mass is 9.81. The van der Waals surface area contributed by atoms with E-state index in [4.69, 9.17) is 0 Å². The summed E-state index contributed by atoms with van der Waals surface area (Å²) in [5.41, 5.74) is 7.29. The molecule has 3 fully saturated rings. The molecule has 1 aromatic carbocycles. The van der Waals surface area contributed by atoms with E-state index in [-0.39, 0.29) is 0 Å². The fourth-order valence-corrected chi connectivity index (χ4v) is 8.78. The zero-order valence-electron chi connectivity index (χ0n) is 61.8. The summed E-state index contributed by atoms with van der Waals surface area (Å²) in [7, 11) is 0. The average Bonchev–Trinajstić information content (AvgIpc) is 4.01. The number of hydrogen-bond acceptors (Lipinski definition) is 1. The van der Waals surface area contributed by atoms with Crippen molar-refractivity contribution in [3.8, 4) is 0 Å². The second-order valence-corrected chi connectivity index (χ2v) is 37.4. The van der Waals surface area contributed by atoms with Crippen molar-refractivity contribution in [2.75, 3.05) is 0 Å². The summed E-state index contributed by atoms with van der Waals surface area (Å²) in [6, 6.07) is 16.8. The molecule has 81 heavy (non-hydrogen) atoms. The van der Waals surface area contributed by atoms with E-state index in [1.807, 2.05) is 18.3 Å². The minimum absolute atomic E-state index is 0.414. The lowest BCUT2D eigenvalue weighted by molar-refractivity contribution is 0.274. The number of aryl methyl sites for hydroxylation is 2. The molecule has 0 N–H and O–H groups in total. The third-order valence-electron chi connectivity index (χ3n) is 15.8. The maximum Gasteiger partial charge on any atom is 0.0403 e. The zero-order valence-corrected chi connectivity index (χ0v) is 61.8. The molecule has 480 valence electrons. The molecule has 0 amide bonds. The molecular weight excluding hydrogens is 975 g/mol. The van der Waals surface area contributed by atoms with Crippen molar-refractivity contribution in [3.05, 3.63) is 66.0 Å². The lowest BCUT2D eigenvalue weighted by Crippen LogP contribution is -2.12. The van der Waals surface area contributed by atoms with Gasteiger partial charge >= 0.3 is 0 Å². The van der Waals surface area contributed by atoms with Gasteiger partial charge in [-0.15, -0.1) is 0 Å². The van der Waals surface area contributed by atoms with Crippen molar-refractivity contribution >= 4 is 0 Å². The molecule has 2 aromatic rings. The van der Waals surface area contributed by atoms with Crippen LogP contribution in [0.2, 0.25) is 0 Å². The summed E-state index contributed by atoms with van der Waals surface area (Å²) in [6.45, 7) is 69.0. The summed E-state index contributed by atoms with van der Waals surface area (Å²) in [5.74, 6) is 4.13. The highest BCUT2D eigenvalue weighted by molar-refractivity contribution is 5.14. The average molecular weight is 1130 g/mol. The Bertz CT molecular complexity index is 1580. The van der Waals surface area contributed by atoms with Gasteiger partial charge in [-0.3, -0.25) is 4.98 Å². The fourth-order valence-electron chi connectivity index (χ4n) is 8.78. The van der Waals surface area contributed by atoms with Crippen molar-refractivity contribution in [1.82, 2.24) is 4.98 Å².